The lowest BCUT2D eigenvalue weighted by atomic mass is 10.0. The minimum Gasteiger partial charge on any atom is -0.309 e. The second-order valence-corrected chi connectivity index (χ2v) is 9.84. The van der Waals surface area contributed by atoms with E-state index in [4.69, 9.17) is 0 Å². The van der Waals surface area contributed by atoms with Crippen molar-refractivity contribution in [3.63, 3.8) is 0 Å². The van der Waals surface area contributed by atoms with Gasteiger partial charge < -0.3 is 9.13 Å². The van der Waals surface area contributed by atoms with Gasteiger partial charge in [-0.3, -0.25) is 0 Å². The molecule has 38 heavy (non-hydrogen) atoms. The molecule has 0 atom stereocenters. The van der Waals surface area contributed by atoms with Gasteiger partial charge in [0.25, 0.3) is 0 Å². The molecule has 178 valence electrons. The van der Waals surface area contributed by atoms with Gasteiger partial charge in [-0.2, -0.15) is 0 Å². The number of rotatable bonds is 3. The Bertz CT molecular complexity index is 2070. The van der Waals surface area contributed by atoms with Gasteiger partial charge in [0.2, 0.25) is 0 Å². The van der Waals surface area contributed by atoms with E-state index < -0.39 is 0 Å². The second kappa shape index (κ2) is 8.22. The van der Waals surface area contributed by atoms with Gasteiger partial charge in [0, 0.05) is 32.9 Å². The average molecular weight is 485 g/mol. The van der Waals surface area contributed by atoms with Crippen LogP contribution in [0.2, 0.25) is 0 Å². The SMILES string of the molecule is c1ccc(-c2ccc3c(c2)c2ccccc2n3-c2cccc(-n3c4ccccc4c4ccccc43)c2)cc1. The summed E-state index contributed by atoms with van der Waals surface area (Å²) in [6, 6.07) is 52.5. The first-order chi connectivity index (χ1) is 18.9. The Morgan fingerprint density at radius 1 is 0.289 bits per heavy atom. The molecule has 2 heteroatoms. The molecule has 0 spiro atoms. The Morgan fingerprint density at radius 3 is 1.34 bits per heavy atom. The van der Waals surface area contributed by atoms with Crippen LogP contribution in [0.3, 0.4) is 0 Å². The highest BCUT2D eigenvalue weighted by atomic mass is 15.0. The zero-order chi connectivity index (χ0) is 25.1. The highest BCUT2D eigenvalue weighted by Gasteiger charge is 2.15. The van der Waals surface area contributed by atoms with Gasteiger partial charge in [0.15, 0.2) is 0 Å². The molecule has 2 heterocycles. The maximum atomic E-state index is 2.40. The lowest BCUT2D eigenvalue weighted by Crippen LogP contribution is -1.98. The number of hydrogen-bond donors (Lipinski definition) is 0. The number of aromatic nitrogens is 2. The third-order valence-electron chi connectivity index (χ3n) is 7.71. The minimum absolute atomic E-state index is 1.16. The summed E-state index contributed by atoms with van der Waals surface area (Å²) < 4.78 is 4.78. The summed E-state index contributed by atoms with van der Waals surface area (Å²) in [5, 5.41) is 5.09. The van der Waals surface area contributed by atoms with Gasteiger partial charge in [-0.1, -0.05) is 97.1 Å². The molecule has 0 saturated heterocycles. The van der Waals surface area contributed by atoms with Crippen molar-refractivity contribution in [2.45, 2.75) is 0 Å². The van der Waals surface area contributed by atoms with Crippen molar-refractivity contribution in [2.75, 3.05) is 0 Å². The third-order valence-corrected chi connectivity index (χ3v) is 7.71. The first-order valence-corrected chi connectivity index (χ1v) is 13.0. The van der Waals surface area contributed by atoms with E-state index in [1.165, 1.54) is 54.7 Å². The van der Waals surface area contributed by atoms with Crippen LogP contribution in [0.25, 0.3) is 66.1 Å². The van der Waals surface area contributed by atoms with Crippen LogP contribution in [0, 0.1) is 0 Å². The molecule has 0 fully saturated rings. The molecular weight excluding hydrogens is 460 g/mol. The molecule has 8 aromatic rings. The Labute approximate surface area is 220 Å². The molecule has 2 aromatic heterocycles. The van der Waals surface area contributed by atoms with E-state index in [0.29, 0.717) is 0 Å². The summed E-state index contributed by atoms with van der Waals surface area (Å²) in [5.41, 5.74) is 9.66. The van der Waals surface area contributed by atoms with E-state index in [0.717, 1.165) is 11.4 Å². The number of benzene rings is 6. The molecule has 0 radical (unpaired) electrons. The van der Waals surface area contributed by atoms with Crippen molar-refractivity contribution >= 4 is 43.6 Å². The molecule has 0 aliphatic carbocycles. The largest absolute Gasteiger partial charge is 0.309 e. The number of fused-ring (bicyclic) bond motifs is 6. The first kappa shape index (κ1) is 21.0. The Balaban J connectivity index is 1.39. The molecule has 0 aliphatic rings. The monoisotopic (exact) mass is 484 g/mol. The van der Waals surface area contributed by atoms with Gasteiger partial charge in [-0.15, -0.1) is 0 Å². The average Bonchev–Trinajstić information content (AvgIpc) is 3.50. The van der Waals surface area contributed by atoms with Crippen molar-refractivity contribution in [1.82, 2.24) is 9.13 Å². The van der Waals surface area contributed by atoms with E-state index in [2.05, 4.69) is 155 Å². The first-order valence-electron chi connectivity index (χ1n) is 13.0. The molecule has 0 bridgehead atoms. The molecule has 0 aliphatic heterocycles. The van der Waals surface area contributed by atoms with Gasteiger partial charge in [0.05, 0.1) is 22.1 Å². The van der Waals surface area contributed by atoms with Crippen molar-refractivity contribution in [3.8, 4) is 22.5 Å². The van der Waals surface area contributed by atoms with Gasteiger partial charge in [0.1, 0.15) is 0 Å². The van der Waals surface area contributed by atoms with Crippen LogP contribution in [-0.2, 0) is 0 Å². The van der Waals surface area contributed by atoms with Crippen LogP contribution in [0.5, 0.6) is 0 Å². The summed E-state index contributed by atoms with van der Waals surface area (Å²) >= 11 is 0. The molecule has 0 unspecified atom stereocenters. The normalized spacial score (nSPS) is 11.7. The van der Waals surface area contributed by atoms with Crippen LogP contribution < -0.4 is 0 Å². The van der Waals surface area contributed by atoms with Crippen LogP contribution in [0.4, 0.5) is 0 Å². The van der Waals surface area contributed by atoms with Gasteiger partial charge in [-0.25, -0.2) is 0 Å². The van der Waals surface area contributed by atoms with Crippen LogP contribution >= 0.6 is 0 Å². The fourth-order valence-corrected chi connectivity index (χ4v) is 6.03. The predicted octanol–water partition coefficient (Wildman–Crippen LogP) is 9.55. The van der Waals surface area contributed by atoms with Crippen LogP contribution in [-0.4, -0.2) is 9.13 Å². The second-order valence-electron chi connectivity index (χ2n) is 9.84. The summed E-state index contributed by atoms with van der Waals surface area (Å²) in [4.78, 5) is 0. The standard InChI is InChI=1S/C36H24N2/c1-2-11-25(12-3-1)26-21-22-36-32(23-26)31-17-6-9-20-35(31)38(36)28-14-10-13-27(24-28)37-33-18-7-4-15-29(33)30-16-5-8-19-34(30)37/h1-24H. The molecule has 8 rings (SSSR count). The summed E-state index contributed by atoms with van der Waals surface area (Å²) in [5.74, 6) is 0. The third kappa shape index (κ3) is 3.07. The van der Waals surface area contributed by atoms with E-state index in [9.17, 15) is 0 Å². The lowest BCUT2D eigenvalue weighted by molar-refractivity contribution is 1.13. The molecule has 0 saturated carbocycles. The van der Waals surface area contributed by atoms with Gasteiger partial charge >= 0.3 is 0 Å². The zero-order valence-corrected chi connectivity index (χ0v) is 20.8. The summed E-state index contributed by atoms with van der Waals surface area (Å²) in [6.45, 7) is 0. The molecule has 0 N–H and O–H groups in total. The van der Waals surface area contributed by atoms with E-state index in [-0.39, 0.29) is 0 Å². The highest BCUT2D eigenvalue weighted by Crippen LogP contribution is 2.36. The van der Waals surface area contributed by atoms with Crippen molar-refractivity contribution < 1.29 is 0 Å². The molecule has 6 aromatic carbocycles. The lowest BCUT2D eigenvalue weighted by Gasteiger charge is -2.13. The number of nitrogens with zero attached hydrogens (tertiary/aromatic N) is 2. The molecule has 2 nitrogen and oxygen atoms in total. The molecule has 0 amide bonds. The fourth-order valence-electron chi connectivity index (χ4n) is 6.03. The smallest absolute Gasteiger partial charge is 0.0541 e. The fraction of sp³-hybridized carbons (Fsp3) is 0. The van der Waals surface area contributed by atoms with Gasteiger partial charge in [-0.05, 0) is 59.7 Å². The quantitative estimate of drug-likeness (QED) is 0.236. The molecular formula is C36H24N2. The topological polar surface area (TPSA) is 9.86 Å². The number of hydrogen-bond acceptors (Lipinski definition) is 0. The van der Waals surface area contributed by atoms with Crippen molar-refractivity contribution in [3.05, 3.63) is 146 Å². The van der Waals surface area contributed by atoms with E-state index in [1.807, 2.05) is 0 Å². The Hall–Kier alpha value is -5.08. The zero-order valence-electron chi connectivity index (χ0n) is 20.8. The summed E-state index contributed by atoms with van der Waals surface area (Å²) in [7, 11) is 0. The van der Waals surface area contributed by atoms with Crippen molar-refractivity contribution in [1.29, 1.82) is 0 Å². The van der Waals surface area contributed by atoms with Crippen LogP contribution in [0.15, 0.2) is 146 Å². The number of para-hydroxylation sites is 3. The Morgan fingerprint density at radius 2 is 0.763 bits per heavy atom. The maximum absolute atomic E-state index is 2.40. The predicted molar refractivity (Wildman–Crippen MR) is 161 cm³/mol. The van der Waals surface area contributed by atoms with Crippen molar-refractivity contribution in [2.24, 2.45) is 0 Å². The Kier molecular flexibility index (Phi) is 4.55. The van der Waals surface area contributed by atoms with E-state index in [1.54, 1.807) is 0 Å². The van der Waals surface area contributed by atoms with E-state index >= 15 is 0 Å². The minimum atomic E-state index is 1.16. The highest BCUT2D eigenvalue weighted by molar-refractivity contribution is 6.11. The van der Waals surface area contributed by atoms with Crippen LogP contribution in [0.1, 0.15) is 0 Å². The maximum Gasteiger partial charge on any atom is 0.0541 e. The summed E-state index contributed by atoms with van der Waals surface area (Å²) in [6.07, 6.45) is 0.